The van der Waals surface area contributed by atoms with Gasteiger partial charge in [0.05, 0.1) is 39.6 Å². The van der Waals surface area contributed by atoms with Crippen LogP contribution in [0, 0.1) is 5.92 Å². The van der Waals surface area contributed by atoms with Gasteiger partial charge >= 0.3 is 54.5 Å². The average Bonchev–Trinajstić information content (AvgIpc) is 1.78. The summed E-state index contributed by atoms with van der Waals surface area (Å²) in [5.74, 6) is -2.66. The fraction of sp³-hybridized carbons (Fsp3) is 0.645. The standard InChI is InChI=1S/C76H106Cl3N3O27/c1-43(2)36-97-58-42-96-39-55(64(87)100-46(5)61(58)103-52-28-22-25-49(79)35-52)81(66(89)105-72(9,10)11)68(91)107-74(14,15)30-32-76(18,19)109-70(93)82(54-38-95-41-57(59(84)44(3)98-62(54)85)101-50-26-20-23-47(77)33-50)69(92)108-75(16,17)31-29-73(12,13)106-67(90)80(65(88)104-71(6,7)8)53-37-94-40-56(83)60(45(4)99-63(53)86)102-51-27-21-24-48(78)34-51/h20-28,33-35,43-46,53-61,83-84H,29-32,36-42H2,1-19H3. The Morgan fingerprint density at radius 1 is 0.431 bits per heavy atom. The topological polar surface area (TPSA) is 351 Å². The highest BCUT2D eigenvalue weighted by atomic mass is 35.5. The summed E-state index contributed by atoms with van der Waals surface area (Å²) in [5, 5.41) is 23.7. The van der Waals surface area contributed by atoms with Crippen LogP contribution < -0.4 is 14.2 Å². The molecule has 12 unspecified atom stereocenters. The van der Waals surface area contributed by atoms with Crippen LogP contribution in [0.4, 0.5) is 28.8 Å². The number of esters is 3. The second-order valence-corrected chi connectivity index (χ2v) is 33.0. The number of halogens is 3. The molecule has 2 N–H and O–H groups in total. The van der Waals surface area contributed by atoms with E-state index in [4.69, 9.17) is 111 Å². The summed E-state index contributed by atoms with van der Waals surface area (Å²) < 4.78 is 95.3. The van der Waals surface area contributed by atoms with Gasteiger partial charge in [0.2, 0.25) is 0 Å². The van der Waals surface area contributed by atoms with Crippen molar-refractivity contribution in [3.63, 3.8) is 0 Å². The van der Waals surface area contributed by atoms with Crippen LogP contribution in [-0.2, 0) is 76.0 Å². The third-order valence-corrected chi connectivity index (χ3v) is 17.5. The molecule has 608 valence electrons. The number of rotatable bonds is 22. The van der Waals surface area contributed by atoms with Crippen molar-refractivity contribution in [2.24, 2.45) is 5.92 Å². The Bertz CT molecular complexity index is 3620. The lowest BCUT2D eigenvalue weighted by atomic mass is 9.93. The number of benzene rings is 3. The monoisotopic (exact) mass is 1600 g/mol. The van der Waals surface area contributed by atoms with Gasteiger partial charge in [-0.1, -0.05) is 66.8 Å². The number of cyclic esters (lactones) is 3. The van der Waals surface area contributed by atoms with Gasteiger partial charge in [0.15, 0.2) is 36.4 Å². The highest BCUT2D eigenvalue weighted by molar-refractivity contribution is 6.31. The van der Waals surface area contributed by atoms with E-state index in [2.05, 4.69) is 0 Å². The molecule has 6 amide bonds. The molecule has 3 aromatic rings. The number of aliphatic hydroxyl groups excluding tert-OH is 2. The summed E-state index contributed by atoms with van der Waals surface area (Å²) in [7, 11) is 0. The quantitative estimate of drug-likeness (QED) is 0.0697. The number of imide groups is 3. The first-order valence-corrected chi connectivity index (χ1v) is 37.0. The minimum atomic E-state index is -2.00. The van der Waals surface area contributed by atoms with E-state index in [0.717, 1.165) is 0 Å². The Hall–Kier alpha value is -7.68. The molecule has 3 heterocycles. The summed E-state index contributed by atoms with van der Waals surface area (Å²) in [4.78, 5) is 132. The summed E-state index contributed by atoms with van der Waals surface area (Å²) in [5.41, 5.74) is -8.94. The Labute approximate surface area is 651 Å². The van der Waals surface area contributed by atoms with Crippen molar-refractivity contribution >= 4 is 89.3 Å². The number of nitrogens with zero attached hydrogens (tertiary/aromatic N) is 3. The zero-order chi connectivity index (χ0) is 81.5. The van der Waals surface area contributed by atoms with Crippen LogP contribution in [0.15, 0.2) is 72.8 Å². The van der Waals surface area contributed by atoms with Crippen molar-refractivity contribution in [2.45, 2.75) is 264 Å². The van der Waals surface area contributed by atoms with E-state index in [1.807, 2.05) is 13.8 Å². The van der Waals surface area contributed by atoms with E-state index in [9.17, 15) is 43.8 Å². The van der Waals surface area contributed by atoms with E-state index in [1.54, 1.807) is 88.4 Å². The Balaban J connectivity index is 1.24. The molecule has 0 radical (unpaired) electrons. The minimum Gasteiger partial charge on any atom is -0.485 e. The maximum atomic E-state index is 15.1. The molecule has 109 heavy (non-hydrogen) atoms. The van der Waals surface area contributed by atoms with Crippen LogP contribution in [0.25, 0.3) is 0 Å². The van der Waals surface area contributed by atoms with Gasteiger partial charge in [0, 0.05) is 21.7 Å². The first-order valence-electron chi connectivity index (χ1n) is 35.9. The van der Waals surface area contributed by atoms with Crippen molar-refractivity contribution < 1.29 is 129 Å². The van der Waals surface area contributed by atoms with Crippen molar-refractivity contribution in [2.75, 3.05) is 46.2 Å². The molecule has 0 aromatic heterocycles. The van der Waals surface area contributed by atoms with Crippen LogP contribution in [0.5, 0.6) is 17.2 Å². The molecule has 3 saturated heterocycles. The van der Waals surface area contributed by atoms with Gasteiger partial charge in [-0.05, 0) is 204 Å². The zero-order valence-corrected chi connectivity index (χ0v) is 67.6. The molecular formula is C76H106Cl3N3O27. The van der Waals surface area contributed by atoms with Crippen LogP contribution in [0.2, 0.25) is 15.1 Å². The molecule has 3 aromatic carbocycles. The molecule has 3 aliphatic heterocycles. The van der Waals surface area contributed by atoms with Crippen LogP contribution >= 0.6 is 34.8 Å². The van der Waals surface area contributed by atoms with Gasteiger partial charge < -0.3 is 86.0 Å². The number of hydrogen-bond donors (Lipinski definition) is 2. The molecule has 0 saturated carbocycles. The Kier molecular flexibility index (Phi) is 31.9. The lowest BCUT2D eigenvalue weighted by Crippen LogP contribution is -2.55. The average molecular weight is 1600 g/mol. The van der Waals surface area contributed by atoms with Gasteiger partial charge in [-0.3, -0.25) is 0 Å². The predicted octanol–water partition coefficient (Wildman–Crippen LogP) is 13.0. The first-order chi connectivity index (χ1) is 50.5. The normalized spacial score (nSPS) is 23.7. The largest absolute Gasteiger partial charge is 0.485 e. The van der Waals surface area contributed by atoms with Crippen molar-refractivity contribution in [3.05, 3.63) is 87.9 Å². The fourth-order valence-corrected chi connectivity index (χ4v) is 11.6. The lowest BCUT2D eigenvalue weighted by molar-refractivity contribution is -0.162. The molecule has 3 fully saturated rings. The third kappa shape index (κ3) is 28.2. The molecule has 33 heteroatoms. The molecule has 30 nitrogen and oxygen atoms in total. The second-order valence-electron chi connectivity index (χ2n) is 31.7. The molecule has 0 spiro atoms. The van der Waals surface area contributed by atoms with E-state index < -0.39 is 194 Å². The van der Waals surface area contributed by atoms with Gasteiger partial charge in [0.25, 0.3) is 0 Å². The van der Waals surface area contributed by atoms with Gasteiger partial charge in [-0.25, -0.2) is 43.2 Å². The van der Waals surface area contributed by atoms with Crippen LogP contribution in [-0.4, -0.2) is 232 Å². The van der Waals surface area contributed by atoms with Crippen LogP contribution in [0.3, 0.4) is 0 Å². The maximum absolute atomic E-state index is 15.1. The summed E-state index contributed by atoms with van der Waals surface area (Å²) in [6.07, 6.45) is -20.0. The molecule has 3 aliphatic rings. The highest BCUT2D eigenvalue weighted by Crippen LogP contribution is 2.34. The summed E-state index contributed by atoms with van der Waals surface area (Å²) in [6, 6.07) is 13.4. The lowest BCUT2D eigenvalue weighted by Gasteiger charge is -2.37. The number of aliphatic hydroxyl groups is 2. The molecule has 12 atom stereocenters. The zero-order valence-electron chi connectivity index (χ0n) is 65.3. The third-order valence-electron chi connectivity index (χ3n) is 16.8. The highest BCUT2D eigenvalue weighted by Gasteiger charge is 2.50. The Morgan fingerprint density at radius 2 is 0.734 bits per heavy atom. The van der Waals surface area contributed by atoms with E-state index in [0.29, 0.717) is 35.5 Å². The van der Waals surface area contributed by atoms with Gasteiger partial charge in [-0.2, -0.15) is 14.7 Å². The smallest absolute Gasteiger partial charge is 0.420 e. The predicted molar refractivity (Wildman–Crippen MR) is 393 cm³/mol. The minimum absolute atomic E-state index is 0.0617. The number of ether oxygens (including phenoxy) is 16. The van der Waals surface area contributed by atoms with Crippen LogP contribution in [0.1, 0.15) is 157 Å². The fourth-order valence-electron chi connectivity index (χ4n) is 11.0. The van der Waals surface area contributed by atoms with Crippen molar-refractivity contribution in [1.82, 2.24) is 14.7 Å². The molecule has 0 bridgehead atoms. The summed E-state index contributed by atoms with van der Waals surface area (Å²) in [6.45, 7) is 26.2. The molecular weight excluding hydrogens is 1490 g/mol. The number of carbonyl (C=O) groups excluding carboxylic acids is 9. The SMILES string of the molecule is CC(C)COC1COCC(N(C(=O)OC(C)(C)C)C(=O)OC(C)(C)CCC(C)(C)OC(=O)N(C(=O)OC(C)(C)CCC(C)(C)OC(=O)N(C(=O)OC(C)(C)C)C2COCC(O)C(Oc3cccc(Cl)c3)C(C)OC2=O)C2COCC(Oc3cccc(Cl)c3)C(O)C(C)OC2=O)C(=O)OC(C)C1Oc1cccc(Cl)c1. The van der Waals surface area contributed by atoms with Crippen molar-refractivity contribution in [3.8, 4) is 17.2 Å². The van der Waals surface area contributed by atoms with E-state index in [1.165, 1.54) is 102 Å². The van der Waals surface area contributed by atoms with Gasteiger partial charge in [0.1, 0.15) is 87.5 Å². The van der Waals surface area contributed by atoms with Gasteiger partial charge in [-0.15, -0.1) is 0 Å². The number of amides is 6. The first kappa shape index (κ1) is 90.2. The molecule has 0 aliphatic carbocycles. The maximum Gasteiger partial charge on any atom is 0.420 e. The number of carbonyl (C=O) groups is 9. The molecule has 6 rings (SSSR count). The summed E-state index contributed by atoms with van der Waals surface area (Å²) >= 11 is 18.7. The Morgan fingerprint density at radius 3 is 1.07 bits per heavy atom. The van der Waals surface area contributed by atoms with Crippen molar-refractivity contribution in [1.29, 1.82) is 0 Å². The second kappa shape index (κ2) is 38.5. The van der Waals surface area contributed by atoms with E-state index in [-0.39, 0.29) is 56.3 Å². The number of hydrogen-bond acceptors (Lipinski definition) is 27. The van der Waals surface area contributed by atoms with E-state index >= 15 is 9.59 Å².